The second-order valence-corrected chi connectivity index (χ2v) is 5.79. The van der Waals surface area contributed by atoms with E-state index in [0.717, 1.165) is 12.8 Å². The highest BCUT2D eigenvalue weighted by molar-refractivity contribution is 5.35. The molecule has 3 rings (SSSR count). The van der Waals surface area contributed by atoms with Gasteiger partial charge in [-0.3, -0.25) is 0 Å². The summed E-state index contributed by atoms with van der Waals surface area (Å²) < 4.78 is 13.2. The molecule has 1 aromatic rings. The number of nitrogens with one attached hydrogen (secondary N) is 1. The standard InChI is InChI=1S/C16H22FN/c17-13-8-9-15-12(11-13)7-10-16(15)18-14-5-3-1-2-4-6-14/h8-9,11,14,16,18H,1-7,10H2. The molecule has 1 nitrogen and oxygen atoms in total. The Labute approximate surface area is 109 Å². The first-order valence-electron chi connectivity index (χ1n) is 7.37. The number of benzene rings is 1. The van der Waals surface area contributed by atoms with Gasteiger partial charge in [0, 0.05) is 12.1 Å². The van der Waals surface area contributed by atoms with Crippen LogP contribution in [0.4, 0.5) is 4.39 Å². The second-order valence-electron chi connectivity index (χ2n) is 5.79. The highest BCUT2D eigenvalue weighted by Crippen LogP contribution is 2.33. The Morgan fingerprint density at radius 1 is 1.00 bits per heavy atom. The second kappa shape index (κ2) is 5.40. The molecule has 0 heterocycles. The number of rotatable bonds is 2. The van der Waals surface area contributed by atoms with Crippen molar-refractivity contribution in [2.24, 2.45) is 0 Å². The van der Waals surface area contributed by atoms with Crippen LogP contribution in [0.15, 0.2) is 18.2 Å². The van der Waals surface area contributed by atoms with Crippen molar-refractivity contribution in [2.45, 2.75) is 63.5 Å². The predicted molar refractivity (Wildman–Crippen MR) is 72.1 cm³/mol. The van der Waals surface area contributed by atoms with Gasteiger partial charge in [-0.1, -0.05) is 31.7 Å². The first-order chi connectivity index (χ1) is 8.83. The van der Waals surface area contributed by atoms with Crippen molar-refractivity contribution in [1.29, 1.82) is 0 Å². The van der Waals surface area contributed by atoms with Gasteiger partial charge < -0.3 is 5.32 Å². The summed E-state index contributed by atoms with van der Waals surface area (Å²) in [5.74, 6) is -0.0936. The van der Waals surface area contributed by atoms with Crippen molar-refractivity contribution >= 4 is 0 Å². The predicted octanol–water partition coefficient (Wildman–Crippen LogP) is 4.13. The average Bonchev–Trinajstić information content (AvgIpc) is 2.59. The summed E-state index contributed by atoms with van der Waals surface area (Å²) in [6.45, 7) is 0. The molecule has 2 aliphatic rings. The van der Waals surface area contributed by atoms with E-state index in [4.69, 9.17) is 0 Å². The SMILES string of the molecule is Fc1ccc2c(c1)CCC2NC1CCCCCC1. The Balaban J connectivity index is 1.68. The van der Waals surface area contributed by atoms with Gasteiger partial charge in [0.1, 0.15) is 5.82 Å². The van der Waals surface area contributed by atoms with Crippen LogP contribution in [0.25, 0.3) is 0 Å². The molecular formula is C16H22FN. The zero-order valence-corrected chi connectivity index (χ0v) is 10.9. The molecule has 98 valence electrons. The molecule has 1 saturated carbocycles. The Hall–Kier alpha value is -0.890. The van der Waals surface area contributed by atoms with E-state index in [0.29, 0.717) is 12.1 Å². The van der Waals surface area contributed by atoms with E-state index in [1.807, 2.05) is 6.07 Å². The number of fused-ring (bicyclic) bond motifs is 1. The number of halogens is 1. The summed E-state index contributed by atoms with van der Waals surface area (Å²) in [4.78, 5) is 0. The molecule has 1 aromatic carbocycles. The summed E-state index contributed by atoms with van der Waals surface area (Å²) in [6, 6.07) is 6.43. The van der Waals surface area contributed by atoms with Gasteiger partial charge in [0.2, 0.25) is 0 Å². The molecule has 0 radical (unpaired) electrons. The van der Waals surface area contributed by atoms with Crippen molar-refractivity contribution in [1.82, 2.24) is 5.32 Å². The highest BCUT2D eigenvalue weighted by Gasteiger charge is 2.25. The van der Waals surface area contributed by atoms with Crippen LogP contribution in [-0.4, -0.2) is 6.04 Å². The maximum atomic E-state index is 13.2. The van der Waals surface area contributed by atoms with E-state index in [-0.39, 0.29) is 5.82 Å². The van der Waals surface area contributed by atoms with Crippen molar-refractivity contribution in [2.75, 3.05) is 0 Å². The molecule has 1 fully saturated rings. The molecule has 0 bridgehead atoms. The van der Waals surface area contributed by atoms with Crippen LogP contribution >= 0.6 is 0 Å². The molecule has 18 heavy (non-hydrogen) atoms. The maximum Gasteiger partial charge on any atom is 0.123 e. The lowest BCUT2D eigenvalue weighted by Crippen LogP contribution is -2.31. The molecule has 2 aliphatic carbocycles. The minimum absolute atomic E-state index is 0.0936. The number of aryl methyl sites for hydroxylation is 1. The Bertz CT molecular complexity index is 408. The van der Waals surface area contributed by atoms with Crippen LogP contribution in [0.2, 0.25) is 0 Å². The van der Waals surface area contributed by atoms with Crippen LogP contribution in [0.1, 0.15) is 62.1 Å². The lowest BCUT2D eigenvalue weighted by atomic mass is 10.0. The van der Waals surface area contributed by atoms with Crippen LogP contribution in [0.5, 0.6) is 0 Å². The van der Waals surface area contributed by atoms with E-state index >= 15 is 0 Å². The molecule has 1 unspecified atom stereocenters. The first-order valence-corrected chi connectivity index (χ1v) is 7.37. The zero-order chi connectivity index (χ0) is 12.4. The van der Waals surface area contributed by atoms with Crippen LogP contribution in [0.3, 0.4) is 0 Å². The van der Waals surface area contributed by atoms with Gasteiger partial charge in [-0.05, 0) is 48.9 Å². The monoisotopic (exact) mass is 247 g/mol. The fraction of sp³-hybridized carbons (Fsp3) is 0.625. The highest BCUT2D eigenvalue weighted by atomic mass is 19.1. The van der Waals surface area contributed by atoms with Crippen molar-refractivity contribution < 1.29 is 4.39 Å². The van der Waals surface area contributed by atoms with Crippen molar-refractivity contribution in [3.05, 3.63) is 35.1 Å². The molecule has 0 amide bonds. The average molecular weight is 247 g/mol. The molecule has 0 aromatic heterocycles. The van der Waals surface area contributed by atoms with Gasteiger partial charge in [0.05, 0.1) is 0 Å². The Morgan fingerprint density at radius 2 is 1.78 bits per heavy atom. The molecule has 0 saturated heterocycles. The lowest BCUT2D eigenvalue weighted by Gasteiger charge is -2.22. The number of hydrogen-bond donors (Lipinski definition) is 1. The van der Waals surface area contributed by atoms with E-state index in [1.54, 1.807) is 12.1 Å². The van der Waals surface area contributed by atoms with Gasteiger partial charge in [0.25, 0.3) is 0 Å². The van der Waals surface area contributed by atoms with Gasteiger partial charge in [-0.2, -0.15) is 0 Å². The van der Waals surface area contributed by atoms with Gasteiger partial charge in [0.15, 0.2) is 0 Å². The fourth-order valence-corrected chi connectivity index (χ4v) is 3.49. The quantitative estimate of drug-likeness (QED) is 0.775. The minimum atomic E-state index is -0.0936. The van der Waals surface area contributed by atoms with Crippen LogP contribution < -0.4 is 5.32 Å². The molecular weight excluding hydrogens is 225 g/mol. The molecule has 1 atom stereocenters. The van der Waals surface area contributed by atoms with E-state index in [1.165, 1.54) is 49.7 Å². The summed E-state index contributed by atoms with van der Waals surface area (Å²) >= 11 is 0. The summed E-state index contributed by atoms with van der Waals surface area (Å²) in [7, 11) is 0. The summed E-state index contributed by atoms with van der Waals surface area (Å²) in [5.41, 5.74) is 2.54. The summed E-state index contributed by atoms with van der Waals surface area (Å²) in [6.07, 6.45) is 10.3. The molecule has 0 aliphatic heterocycles. The van der Waals surface area contributed by atoms with Gasteiger partial charge >= 0.3 is 0 Å². The summed E-state index contributed by atoms with van der Waals surface area (Å²) in [5, 5.41) is 3.81. The van der Waals surface area contributed by atoms with Crippen LogP contribution in [-0.2, 0) is 6.42 Å². The number of hydrogen-bond acceptors (Lipinski definition) is 1. The van der Waals surface area contributed by atoms with Gasteiger partial charge in [-0.25, -0.2) is 4.39 Å². The lowest BCUT2D eigenvalue weighted by molar-refractivity contribution is 0.397. The van der Waals surface area contributed by atoms with E-state index < -0.39 is 0 Å². The Kier molecular flexibility index (Phi) is 3.64. The first kappa shape index (κ1) is 12.2. The largest absolute Gasteiger partial charge is 0.307 e. The van der Waals surface area contributed by atoms with Crippen molar-refractivity contribution in [3.63, 3.8) is 0 Å². The van der Waals surface area contributed by atoms with Crippen molar-refractivity contribution in [3.8, 4) is 0 Å². The maximum absolute atomic E-state index is 13.2. The smallest absolute Gasteiger partial charge is 0.123 e. The third-order valence-electron chi connectivity index (χ3n) is 4.47. The minimum Gasteiger partial charge on any atom is -0.307 e. The third-order valence-corrected chi connectivity index (χ3v) is 4.47. The molecule has 1 N–H and O–H groups in total. The van der Waals surface area contributed by atoms with Crippen LogP contribution in [0, 0.1) is 5.82 Å². The molecule has 0 spiro atoms. The van der Waals surface area contributed by atoms with E-state index in [2.05, 4.69) is 5.32 Å². The fourth-order valence-electron chi connectivity index (χ4n) is 3.49. The molecule has 2 heteroatoms. The zero-order valence-electron chi connectivity index (χ0n) is 10.9. The third kappa shape index (κ3) is 2.59. The van der Waals surface area contributed by atoms with Gasteiger partial charge in [-0.15, -0.1) is 0 Å². The topological polar surface area (TPSA) is 12.0 Å². The van der Waals surface area contributed by atoms with E-state index in [9.17, 15) is 4.39 Å². The Morgan fingerprint density at radius 3 is 2.56 bits per heavy atom. The normalized spacial score (nSPS) is 24.8.